The largest absolute Gasteiger partial charge is 0.452 e. The molecular weight excluding hydrogens is 384 g/mol. The van der Waals surface area contributed by atoms with Gasteiger partial charge in [0, 0.05) is 6.54 Å². The fourth-order valence-electron chi connectivity index (χ4n) is 3.27. The summed E-state index contributed by atoms with van der Waals surface area (Å²) < 4.78 is 5.04. The van der Waals surface area contributed by atoms with Gasteiger partial charge in [0.2, 0.25) is 0 Å². The van der Waals surface area contributed by atoms with Crippen molar-refractivity contribution in [2.24, 2.45) is 0 Å². The number of fused-ring (bicyclic) bond motifs is 1. The number of unbranched alkanes of at least 4 members (excludes halogenated alkanes) is 2. The molecular formula is C23H24N2O5. The molecule has 0 unspecified atom stereocenters. The Morgan fingerprint density at radius 3 is 2.47 bits per heavy atom. The van der Waals surface area contributed by atoms with Crippen molar-refractivity contribution in [3.05, 3.63) is 64.7 Å². The Morgan fingerprint density at radius 2 is 1.73 bits per heavy atom. The number of para-hydroxylation sites is 1. The van der Waals surface area contributed by atoms with Gasteiger partial charge in [0.25, 0.3) is 17.7 Å². The summed E-state index contributed by atoms with van der Waals surface area (Å²) in [5.74, 6) is -2.03. The van der Waals surface area contributed by atoms with Crippen LogP contribution in [0.5, 0.6) is 0 Å². The zero-order chi connectivity index (χ0) is 21.7. The van der Waals surface area contributed by atoms with E-state index in [0.717, 1.165) is 29.7 Å². The summed E-state index contributed by atoms with van der Waals surface area (Å²) in [7, 11) is 0. The van der Waals surface area contributed by atoms with Crippen molar-refractivity contribution in [3.63, 3.8) is 0 Å². The molecule has 0 radical (unpaired) electrons. The van der Waals surface area contributed by atoms with E-state index in [0.29, 0.717) is 12.2 Å². The minimum Gasteiger partial charge on any atom is -0.452 e. The van der Waals surface area contributed by atoms with Crippen LogP contribution >= 0.6 is 0 Å². The van der Waals surface area contributed by atoms with Gasteiger partial charge >= 0.3 is 5.97 Å². The number of carbonyl (C=O) groups is 4. The van der Waals surface area contributed by atoms with Crippen molar-refractivity contribution in [2.45, 2.75) is 33.1 Å². The molecule has 7 heteroatoms. The van der Waals surface area contributed by atoms with E-state index in [-0.39, 0.29) is 22.6 Å². The molecule has 0 aliphatic carbocycles. The third-order valence-corrected chi connectivity index (χ3v) is 4.92. The molecule has 1 aliphatic rings. The molecule has 156 valence electrons. The topological polar surface area (TPSA) is 92.8 Å². The summed E-state index contributed by atoms with van der Waals surface area (Å²) in [6.07, 6.45) is 2.93. The second kappa shape index (κ2) is 9.35. The van der Waals surface area contributed by atoms with E-state index in [9.17, 15) is 19.2 Å². The molecule has 1 aliphatic heterocycles. The minimum absolute atomic E-state index is 0.111. The molecule has 0 aromatic heterocycles. The summed E-state index contributed by atoms with van der Waals surface area (Å²) in [5, 5.41) is 2.69. The molecule has 0 fully saturated rings. The van der Waals surface area contributed by atoms with Gasteiger partial charge < -0.3 is 10.1 Å². The highest BCUT2D eigenvalue weighted by Crippen LogP contribution is 2.31. The van der Waals surface area contributed by atoms with Crippen LogP contribution in [0.2, 0.25) is 0 Å². The Balaban J connectivity index is 1.68. The molecule has 0 bridgehead atoms. The number of carbonyl (C=O) groups excluding carboxylic acids is 4. The summed E-state index contributed by atoms with van der Waals surface area (Å²) in [4.78, 5) is 50.8. The van der Waals surface area contributed by atoms with Crippen molar-refractivity contribution >= 4 is 29.4 Å². The Morgan fingerprint density at radius 1 is 1.00 bits per heavy atom. The minimum atomic E-state index is -0.726. The maximum absolute atomic E-state index is 12.9. The highest BCUT2D eigenvalue weighted by Gasteiger charge is 2.37. The van der Waals surface area contributed by atoms with Crippen molar-refractivity contribution in [2.75, 3.05) is 18.1 Å². The third kappa shape index (κ3) is 4.40. The van der Waals surface area contributed by atoms with E-state index in [1.54, 1.807) is 12.1 Å². The molecule has 0 atom stereocenters. The van der Waals surface area contributed by atoms with Gasteiger partial charge in [0.1, 0.15) is 0 Å². The number of aryl methyl sites for hydroxylation is 1. The first-order valence-electron chi connectivity index (χ1n) is 9.96. The lowest BCUT2D eigenvalue weighted by Crippen LogP contribution is -2.30. The number of hydrogen-bond acceptors (Lipinski definition) is 5. The van der Waals surface area contributed by atoms with Crippen LogP contribution in [0.15, 0.2) is 42.5 Å². The quantitative estimate of drug-likeness (QED) is 0.411. The van der Waals surface area contributed by atoms with Crippen LogP contribution in [0.25, 0.3) is 0 Å². The van der Waals surface area contributed by atoms with Gasteiger partial charge in [-0.15, -0.1) is 0 Å². The molecule has 0 saturated heterocycles. The molecule has 2 aromatic carbocycles. The van der Waals surface area contributed by atoms with Crippen molar-refractivity contribution in [1.82, 2.24) is 5.32 Å². The highest BCUT2D eigenvalue weighted by molar-refractivity contribution is 6.34. The van der Waals surface area contributed by atoms with Gasteiger partial charge in [0.15, 0.2) is 6.61 Å². The second-order valence-electron chi connectivity index (χ2n) is 7.13. The van der Waals surface area contributed by atoms with Crippen LogP contribution in [0, 0.1) is 6.92 Å². The molecule has 3 rings (SSSR count). The molecule has 0 spiro atoms. The van der Waals surface area contributed by atoms with Crippen molar-refractivity contribution in [1.29, 1.82) is 0 Å². The van der Waals surface area contributed by atoms with E-state index < -0.39 is 24.4 Å². The fourth-order valence-corrected chi connectivity index (χ4v) is 3.27. The van der Waals surface area contributed by atoms with Gasteiger partial charge in [-0.1, -0.05) is 38.0 Å². The number of ether oxygens (including phenoxy) is 1. The molecule has 3 amide bonds. The number of imide groups is 1. The lowest BCUT2D eigenvalue weighted by molar-refractivity contribution is -0.124. The summed E-state index contributed by atoms with van der Waals surface area (Å²) in [5.41, 5.74) is 1.78. The molecule has 1 heterocycles. The number of rotatable bonds is 8. The van der Waals surface area contributed by atoms with Gasteiger partial charge in [-0.3, -0.25) is 14.4 Å². The van der Waals surface area contributed by atoms with Crippen LogP contribution in [0.4, 0.5) is 5.69 Å². The smallest absolute Gasteiger partial charge is 0.338 e. The number of nitrogens with one attached hydrogen (secondary N) is 1. The Kier molecular flexibility index (Phi) is 6.61. The molecule has 1 N–H and O–H groups in total. The Bertz CT molecular complexity index is 999. The lowest BCUT2D eigenvalue weighted by Gasteiger charge is -2.16. The summed E-state index contributed by atoms with van der Waals surface area (Å²) >= 11 is 0. The SMILES string of the molecule is CCCCCNC(=O)COC(=O)c1ccc2c(c1)C(=O)N(c1ccccc1C)C2=O. The maximum Gasteiger partial charge on any atom is 0.338 e. The molecule has 30 heavy (non-hydrogen) atoms. The summed E-state index contributed by atoms with van der Waals surface area (Å²) in [6, 6.07) is 11.3. The van der Waals surface area contributed by atoms with Crippen LogP contribution in [-0.2, 0) is 9.53 Å². The number of amides is 3. The number of hydrogen-bond donors (Lipinski definition) is 1. The van der Waals surface area contributed by atoms with E-state index in [1.165, 1.54) is 18.2 Å². The predicted molar refractivity (Wildman–Crippen MR) is 112 cm³/mol. The highest BCUT2D eigenvalue weighted by atomic mass is 16.5. The monoisotopic (exact) mass is 408 g/mol. The molecule has 0 saturated carbocycles. The summed E-state index contributed by atoms with van der Waals surface area (Å²) in [6.45, 7) is 4.02. The number of nitrogens with zero attached hydrogens (tertiary/aromatic N) is 1. The van der Waals surface area contributed by atoms with Crippen LogP contribution < -0.4 is 10.2 Å². The van der Waals surface area contributed by atoms with E-state index in [2.05, 4.69) is 12.2 Å². The first-order chi connectivity index (χ1) is 14.4. The third-order valence-electron chi connectivity index (χ3n) is 4.92. The van der Waals surface area contributed by atoms with Gasteiger partial charge in [0.05, 0.1) is 22.4 Å². The normalized spacial score (nSPS) is 12.7. The van der Waals surface area contributed by atoms with E-state index >= 15 is 0 Å². The average molecular weight is 408 g/mol. The number of anilines is 1. The van der Waals surface area contributed by atoms with E-state index in [4.69, 9.17) is 4.74 Å². The Hall–Kier alpha value is -3.48. The lowest BCUT2D eigenvalue weighted by atomic mass is 10.1. The predicted octanol–water partition coefficient (Wildman–Crippen LogP) is 3.26. The zero-order valence-electron chi connectivity index (χ0n) is 17.1. The molecule has 2 aromatic rings. The standard InChI is InChI=1S/C23H24N2O5/c1-3-4-7-12-24-20(26)14-30-23(29)16-10-11-17-18(13-16)22(28)25(21(17)27)19-9-6-5-8-15(19)2/h5-6,8-11,13H,3-4,7,12,14H2,1-2H3,(H,24,26). The number of benzene rings is 2. The van der Waals surface area contributed by atoms with Crippen molar-refractivity contribution in [3.8, 4) is 0 Å². The average Bonchev–Trinajstić information content (AvgIpc) is 2.99. The molecule has 7 nitrogen and oxygen atoms in total. The first kappa shape index (κ1) is 21.2. The first-order valence-corrected chi connectivity index (χ1v) is 9.96. The van der Waals surface area contributed by atoms with Crippen LogP contribution in [0.3, 0.4) is 0 Å². The second-order valence-corrected chi connectivity index (χ2v) is 7.13. The fraction of sp³-hybridized carbons (Fsp3) is 0.304. The maximum atomic E-state index is 12.9. The zero-order valence-corrected chi connectivity index (χ0v) is 17.1. The Labute approximate surface area is 175 Å². The van der Waals surface area contributed by atoms with Crippen LogP contribution in [0.1, 0.15) is 62.8 Å². The van der Waals surface area contributed by atoms with Gasteiger partial charge in [-0.25, -0.2) is 9.69 Å². The van der Waals surface area contributed by atoms with Crippen LogP contribution in [-0.4, -0.2) is 36.8 Å². The van der Waals surface area contributed by atoms with Gasteiger partial charge in [-0.05, 0) is 43.2 Å². The van der Waals surface area contributed by atoms with Crippen molar-refractivity contribution < 1.29 is 23.9 Å². The number of esters is 1. The van der Waals surface area contributed by atoms with Gasteiger partial charge in [-0.2, -0.15) is 0 Å². The van der Waals surface area contributed by atoms with E-state index in [1.807, 2.05) is 19.1 Å².